The van der Waals surface area contributed by atoms with E-state index in [1.54, 1.807) is 6.92 Å². The van der Waals surface area contributed by atoms with E-state index < -0.39 is 24.5 Å². The molecule has 2 rings (SSSR count). The van der Waals surface area contributed by atoms with Crippen LogP contribution < -0.4 is 5.32 Å². The van der Waals surface area contributed by atoms with Crippen molar-refractivity contribution in [3.05, 3.63) is 16.0 Å². The van der Waals surface area contributed by atoms with E-state index in [1.165, 1.54) is 28.0 Å². The summed E-state index contributed by atoms with van der Waals surface area (Å²) >= 11 is 2.72. The summed E-state index contributed by atoms with van der Waals surface area (Å²) in [6.07, 6.45) is 0.718. The molecular formula is C17H22N2O6S2. The van der Waals surface area contributed by atoms with Crippen LogP contribution in [0.4, 0.5) is 5.00 Å². The van der Waals surface area contributed by atoms with Gasteiger partial charge in [-0.15, -0.1) is 23.1 Å². The number of amides is 2. The second kappa shape index (κ2) is 9.75. The van der Waals surface area contributed by atoms with Gasteiger partial charge < -0.3 is 19.7 Å². The Hall–Kier alpha value is -2.07. The van der Waals surface area contributed by atoms with Gasteiger partial charge >= 0.3 is 11.9 Å². The number of anilines is 1. The summed E-state index contributed by atoms with van der Waals surface area (Å²) in [4.78, 5) is 50.0. The Labute approximate surface area is 165 Å². The number of carbonyl (C=O) groups excluding carboxylic acids is 4. The van der Waals surface area contributed by atoms with Crippen LogP contribution in [0.3, 0.4) is 0 Å². The van der Waals surface area contributed by atoms with Crippen LogP contribution in [-0.4, -0.2) is 60.0 Å². The zero-order chi connectivity index (χ0) is 20.0. The summed E-state index contributed by atoms with van der Waals surface area (Å²) in [5.74, 6) is -1.03. The van der Waals surface area contributed by atoms with Crippen LogP contribution in [0.5, 0.6) is 0 Å². The van der Waals surface area contributed by atoms with Crippen molar-refractivity contribution >= 4 is 51.9 Å². The van der Waals surface area contributed by atoms with E-state index >= 15 is 0 Å². The number of ether oxygens (including phenoxy) is 2. The number of carbonyl (C=O) groups is 4. The first-order chi connectivity index (χ1) is 12.9. The maximum Gasteiger partial charge on any atom is 0.341 e. The topological polar surface area (TPSA) is 102 Å². The average molecular weight is 415 g/mol. The van der Waals surface area contributed by atoms with E-state index in [0.29, 0.717) is 22.2 Å². The summed E-state index contributed by atoms with van der Waals surface area (Å²) in [6.45, 7) is 5.04. The molecule has 27 heavy (non-hydrogen) atoms. The Morgan fingerprint density at radius 3 is 2.56 bits per heavy atom. The molecule has 1 aliphatic rings. The molecule has 10 heteroatoms. The van der Waals surface area contributed by atoms with Crippen LogP contribution in [0, 0.1) is 6.92 Å². The maximum absolute atomic E-state index is 12.2. The highest BCUT2D eigenvalue weighted by Crippen LogP contribution is 2.34. The number of hydrogen-bond donors (Lipinski definition) is 1. The predicted octanol–water partition coefficient (Wildman–Crippen LogP) is 1.81. The quantitative estimate of drug-likeness (QED) is 0.647. The van der Waals surface area contributed by atoms with Gasteiger partial charge in [0, 0.05) is 4.88 Å². The Balaban J connectivity index is 1.95. The smallest absolute Gasteiger partial charge is 0.341 e. The largest absolute Gasteiger partial charge is 0.462 e. The molecule has 1 aromatic heterocycles. The summed E-state index contributed by atoms with van der Waals surface area (Å²) in [5.41, 5.74) is 1.11. The van der Waals surface area contributed by atoms with E-state index in [2.05, 4.69) is 5.32 Å². The molecule has 1 N–H and O–H groups in total. The fraction of sp³-hybridized carbons (Fsp3) is 0.529. The van der Waals surface area contributed by atoms with Crippen molar-refractivity contribution in [2.24, 2.45) is 0 Å². The first kappa shape index (κ1) is 21.2. The van der Waals surface area contributed by atoms with Gasteiger partial charge in [0.1, 0.15) is 11.5 Å². The first-order valence-corrected chi connectivity index (χ1v) is 10.4. The van der Waals surface area contributed by atoms with Gasteiger partial charge in [0.15, 0.2) is 6.61 Å². The zero-order valence-electron chi connectivity index (χ0n) is 15.5. The summed E-state index contributed by atoms with van der Waals surface area (Å²) in [5, 5.41) is 3.00. The fourth-order valence-corrected chi connectivity index (χ4v) is 4.54. The molecule has 0 unspecified atom stereocenters. The lowest BCUT2D eigenvalue weighted by Gasteiger charge is -2.13. The number of thiophene rings is 1. The molecule has 0 radical (unpaired) electrons. The van der Waals surface area contributed by atoms with Gasteiger partial charge in [-0.3, -0.25) is 14.4 Å². The molecule has 0 atom stereocenters. The number of aryl methyl sites for hydroxylation is 1. The highest BCUT2D eigenvalue weighted by Gasteiger charge is 2.25. The van der Waals surface area contributed by atoms with Crippen molar-refractivity contribution in [3.63, 3.8) is 0 Å². The van der Waals surface area contributed by atoms with Crippen molar-refractivity contribution in [3.8, 4) is 0 Å². The second-order valence-corrected chi connectivity index (χ2v) is 7.77. The summed E-state index contributed by atoms with van der Waals surface area (Å²) in [7, 11) is 0. The third-order valence-electron chi connectivity index (χ3n) is 3.81. The van der Waals surface area contributed by atoms with Crippen molar-refractivity contribution in [2.45, 2.75) is 27.2 Å². The van der Waals surface area contributed by atoms with Crippen LogP contribution in [0.1, 0.15) is 34.6 Å². The first-order valence-electron chi connectivity index (χ1n) is 8.47. The molecule has 0 spiro atoms. The van der Waals surface area contributed by atoms with Gasteiger partial charge in [-0.05, 0) is 25.8 Å². The van der Waals surface area contributed by atoms with E-state index in [9.17, 15) is 19.2 Å². The molecule has 0 aromatic carbocycles. The van der Waals surface area contributed by atoms with Crippen molar-refractivity contribution < 1.29 is 28.7 Å². The standard InChI is InChI=1S/C17H22N2O6S2/c1-4-11-10(3)15(17(23)24-5-2)16(27-11)18-12(20)7-25-14(22)6-19-9-26-8-13(19)21/h4-9H2,1-3H3,(H,18,20). The number of thioether (sulfide) groups is 1. The predicted molar refractivity (Wildman–Crippen MR) is 103 cm³/mol. The number of esters is 2. The Morgan fingerprint density at radius 1 is 1.22 bits per heavy atom. The molecule has 8 nitrogen and oxygen atoms in total. The van der Waals surface area contributed by atoms with Gasteiger partial charge in [0.25, 0.3) is 5.91 Å². The SMILES string of the molecule is CCOC(=O)c1c(NC(=O)COC(=O)CN2CSCC2=O)sc(CC)c1C. The highest BCUT2D eigenvalue weighted by atomic mass is 32.2. The van der Waals surface area contributed by atoms with E-state index in [1.807, 2.05) is 13.8 Å². The van der Waals surface area contributed by atoms with Crippen molar-refractivity contribution in [1.29, 1.82) is 0 Å². The molecular weight excluding hydrogens is 392 g/mol. The average Bonchev–Trinajstić information content (AvgIpc) is 3.16. The van der Waals surface area contributed by atoms with Crippen molar-refractivity contribution in [2.75, 3.05) is 36.7 Å². The molecule has 0 aliphatic carbocycles. The van der Waals surface area contributed by atoms with Crippen LogP contribution >= 0.6 is 23.1 Å². The number of rotatable bonds is 8. The molecule has 2 amide bonds. The van der Waals surface area contributed by atoms with Crippen LogP contribution in [0.25, 0.3) is 0 Å². The Kier molecular flexibility index (Phi) is 7.66. The van der Waals surface area contributed by atoms with Crippen LogP contribution in [0.15, 0.2) is 0 Å². The Bertz CT molecular complexity index is 746. The molecule has 0 saturated carbocycles. The zero-order valence-corrected chi connectivity index (χ0v) is 17.1. The van der Waals surface area contributed by atoms with E-state index in [0.717, 1.165) is 16.9 Å². The molecule has 2 heterocycles. The fourth-order valence-electron chi connectivity index (χ4n) is 2.49. The molecule has 1 saturated heterocycles. The maximum atomic E-state index is 12.2. The van der Waals surface area contributed by atoms with E-state index in [4.69, 9.17) is 9.47 Å². The van der Waals surface area contributed by atoms with Crippen molar-refractivity contribution in [1.82, 2.24) is 4.90 Å². The molecule has 1 aliphatic heterocycles. The lowest BCUT2D eigenvalue weighted by Crippen LogP contribution is -2.33. The summed E-state index contributed by atoms with van der Waals surface area (Å²) < 4.78 is 9.99. The Morgan fingerprint density at radius 2 is 1.96 bits per heavy atom. The molecule has 0 bridgehead atoms. The minimum atomic E-state index is -0.650. The summed E-state index contributed by atoms with van der Waals surface area (Å²) in [6, 6.07) is 0. The number of nitrogens with one attached hydrogen (secondary N) is 1. The van der Waals surface area contributed by atoms with Gasteiger partial charge in [0.2, 0.25) is 5.91 Å². The number of nitrogens with zero attached hydrogens (tertiary/aromatic N) is 1. The van der Waals surface area contributed by atoms with Crippen LogP contribution in [0.2, 0.25) is 0 Å². The minimum Gasteiger partial charge on any atom is -0.462 e. The lowest BCUT2D eigenvalue weighted by molar-refractivity contribution is -0.150. The van der Waals surface area contributed by atoms with Crippen LogP contribution in [-0.2, 0) is 30.3 Å². The molecule has 1 fully saturated rings. The number of hydrogen-bond acceptors (Lipinski definition) is 8. The third-order valence-corrected chi connectivity index (χ3v) is 6.11. The molecule has 148 valence electrons. The monoisotopic (exact) mass is 414 g/mol. The normalized spacial score (nSPS) is 13.6. The third kappa shape index (κ3) is 5.46. The highest BCUT2D eigenvalue weighted by molar-refractivity contribution is 8.00. The van der Waals surface area contributed by atoms with E-state index in [-0.39, 0.29) is 19.1 Å². The molecule has 1 aromatic rings. The van der Waals surface area contributed by atoms with Gasteiger partial charge in [0.05, 0.1) is 23.8 Å². The van der Waals surface area contributed by atoms with Gasteiger partial charge in [-0.25, -0.2) is 4.79 Å². The second-order valence-electron chi connectivity index (χ2n) is 5.71. The lowest BCUT2D eigenvalue weighted by atomic mass is 10.1. The van der Waals surface area contributed by atoms with Gasteiger partial charge in [-0.2, -0.15) is 0 Å². The minimum absolute atomic E-state index is 0.123. The van der Waals surface area contributed by atoms with Gasteiger partial charge in [-0.1, -0.05) is 6.92 Å².